The molecule has 0 N–H and O–H groups in total. The molecule has 3 heterocycles. The third-order valence-corrected chi connectivity index (χ3v) is 7.26. The van der Waals surface area contributed by atoms with Crippen molar-refractivity contribution in [2.75, 3.05) is 0 Å². The molecule has 6 aromatic rings. The Kier molecular flexibility index (Phi) is 4.68. The molecule has 0 aliphatic carbocycles. The summed E-state index contributed by atoms with van der Waals surface area (Å²) in [4.78, 5) is 4.64. The summed E-state index contributed by atoms with van der Waals surface area (Å²) in [5.41, 5.74) is 11.0. The van der Waals surface area contributed by atoms with E-state index in [1.807, 2.05) is 70.4 Å². The Balaban J connectivity index is 1.67. The van der Waals surface area contributed by atoms with Crippen molar-refractivity contribution in [3.8, 4) is 33.5 Å². The average molecular weight is 487 g/mol. The van der Waals surface area contributed by atoms with Crippen LogP contribution >= 0.6 is 0 Å². The van der Waals surface area contributed by atoms with Gasteiger partial charge >= 0.3 is 0 Å². The van der Waals surface area contributed by atoms with E-state index in [9.17, 15) is 0 Å². The van der Waals surface area contributed by atoms with Crippen LogP contribution in [0.4, 0.5) is 0 Å². The lowest BCUT2D eigenvalue weighted by Gasteiger charge is -2.16. The summed E-state index contributed by atoms with van der Waals surface area (Å²) in [5.74, 6) is 0. The summed E-state index contributed by atoms with van der Waals surface area (Å²) in [7, 11) is 1.99. The van der Waals surface area contributed by atoms with Gasteiger partial charge in [-0.05, 0) is 86.1 Å². The van der Waals surface area contributed by atoms with Crippen molar-refractivity contribution < 1.29 is 13.1 Å². The fraction of sp³-hybridized carbons (Fsp3) is 0.176. The molecule has 0 spiro atoms. The fourth-order valence-electron chi connectivity index (χ4n) is 5.39. The van der Waals surface area contributed by atoms with Gasteiger partial charge in [-0.3, -0.25) is 0 Å². The van der Waals surface area contributed by atoms with Crippen molar-refractivity contribution in [2.24, 2.45) is 7.05 Å². The van der Waals surface area contributed by atoms with E-state index in [0.29, 0.717) is 11.3 Å². The van der Waals surface area contributed by atoms with Crippen molar-refractivity contribution in [3.05, 3.63) is 107 Å². The predicted molar refractivity (Wildman–Crippen MR) is 153 cm³/mol. The number of pyridine rings is 2. The Morgan fingerprint density at radius 2 is 1.51 bits per heavy atom. The van der Waals surface area contributed by atoms with Gasteiger partial charge in [0.25, 0.3) is 0 Å². The Morgan fingerprint density at radius 1 is 0.757 bits per heavy atom. The van der Waals surface area contributed by atoms with Crippen molar-refractivity contribution in [1.29, 1.82) is 0 Å². The van der Waals surface area contributed by atoms with Gasteiger partial charge in [-0.15, -0.1) is 0 Å². The molecule has 0 atom stereocenters. The summed E-state index contributed by atoms with van der Waals surface area (Å²) in [5, 5.41) is 1.95. The Labute approximate surface area is 222 Å². The second-order valence-electron chi connectivity index (χ2n) is 10.0. The lowest BCUT2D eigenvalue weighted by atomic mass is 9.88. The van der Waals surface area contributed by atoms with Gasteiger partial charge in [0.05, 0.1) is 11.1 Å². The minimum absolute atomic E-state index is 0.335. The number of hydrogen-bond acceptors (Lipinski definition) is 2. The number of furan rings is 1. The van der Waals surface area contributed by atoms with E-state index in [-0.39, 0.29) is 0 Å². The van der Waals surface area contributed by atoms with E-state index in [2.05, 4.69) is 52.9 Å². The smallest absolute Gasteiger partial charge is 0.227 e. The number of hydrogen-bond donors (Lipinski definition) is 0. The van der Waals surface area contributed by atoms with Gasteiger partial charge in [-0.2, -0.15) is 0 Å². The second kappa shape index (κ2) is 8.70. The molecule has 182 valence electrons. The molecule has 0 aliphatic rings. The first-order chi connectivity index (χ1) is 19.0. The van der Waals surface area contributed by atoms with Gasteiger partial charge < -0.3 is 4.42 Å². The van der Waals surface area contributed by atoms with Crippen LogP contribution in [0.25, 0.3) is 55.6 Å². The van der Waals surface area contributed by atoms with Crippen molar-refractivity contribution in [3.63, 3.8) is 0 Å². The first-order valence-corrected chi connectivity index (χ1v) is 12.5. The lowest BCUT2D eigenvalue weighted by molar-refractivity contribution is -0.659. The highest BCUT2D eigenvalue weighted by atomic mass is 16.3. The zero-order valence-corrected chi connectivity index (χ0v) is 21.8. The normalized spacial score (nSPS) is 13.1. The maximum Gasteiger partial charge on any atom is 0.227 e. The van der Waals surface area contributed by atoms with E-state index in [0.717, 1.165) is 72.3 Å². The molecule has 3 nitrogen and oxygen atoms in total. The lowest BCUT2D eigenvalue weighted by Crippen LogP contribution is -2.31. The first-order valence-electron chi connectivity index (χ1n) is 14.0. The van der Waals surface area contributed by atoms with E-state index >= 15 is 0 Å². The van der Waals surface area contributed by atoms with Crippen LogP contribution in [0, 0.1) is 34.5 Å². The molecule has 3 heteroatoms. The molecule has 0 saturated heterocycles. The van der Waals surface area contributed by atoms with Gasteiger partial charge in [0.2, 0.25) is 11.4 Å². The van der Waals surface area contributed by atoms with Gasteiger partial charge in [0.15, 0.2) is 11.8 Å². The number of fused-ring (bicyclic) bond motifs is 3. The van der Waals surface area contributed by atoms with Crippen LogP contribution in [0.1, 0.15) is 32.1 Å². The highest BCUT2D eigenvalue weighted by Crippen LogP contribution is 2.42. The Bertz CT molecular complexity index is 1930. The predicted octanol–water partition coefficient (Wildman–Crippen LogP) is 8.35. The summed E-state index contributed by atoms with van der Waals surface area (Å²) in [6.07, 6.45) is 1.99. The monoisotopic (exact) mass is 486 g/mol. The van der Waals surface area contributed by atoms with E-state index in [1.165, 1.54) is 0 Å². The van der Waals surface area contributed by atoms with Gasteiger partial charge in [0.1, 0.15) is 7.05 Å². The minimum atomic E-state index is -2.31. The van der Waals surface area contributed by atoms with Crippen molar-refractivity contribution in [2.45, 2.75) is 34.5 Å². The van der Waals surface area contributed by atoms with Crippen LogP contribution in [0.5, 0.6) is 0 Å². The second-order valence-corrected chi connectivity index (χ2v) is 10.0. The molecule has 3 aromatic carbocycles. The summed E-state index contributed by atoms with van der Waals surface area (Å²) in [6.45, 7) is 5.75. The summed E-state index contributed by atoms with van der Waals surface area (Å²) < 4.78 is 34.1. The molecule has 6 rings (SSSR count). The Morgan fingerprint density at radius 3 is 2.30 bits per heavy atom. The van der Waals surface area contributed by atoms with Crippen molar-refractivity contribution >= 4 is 22.1 Å². The molecular formula is C34H31N2O+. The van der Waals surface area contributed by atoms with Crippen LogP contribution in [0.15, 0.2) is 83.4 Å². The quantitative estimate of drug-likeness (QED) is 0.235. The Hall–Kier alpha value is -4.24. The topological polar surface area (TPSA) is 29.9 Å². The molecule has 0 saturated carbocycles. The van der Waals surface area contributed by atoms with Crippen molar-refractivity contribution in [1.82, 2.24) is 4.98 Å². The summed E-state index contributed by atoms with van der Waals surface area (Å²) >= 11 is 0. The van der Waals surface area contributed by atoms with E-state index < -0.39 is 6.85 Å². The molecule has 0 radical (unpaired) electrons. The van der Waals surface area contributed by atoms with Gasteiger partial charge in [-0.25, -0.2) is 9.55 Å². The largest absolute Gasteiger partial charge is 0.437 e. The van der Waals surface area contributed by atoms with Crippen LogP contribution in [-0.2, 0) is 7.05 Å². The van der Waals surface area contributed by atoms with Crippen LogP contribution in [-0.4, -0.2) is 4.98 Å². The van der Waals surface area contributed by atoms with E-state index in [4.69, 9.17) is 8.53 Å². The highest BCUT2D eigenvalue weighted by Gasteiger charge is 2.26. The number of aromatic nitrogens is 2. The number of rotatable bonds is 3. The van der Waals surface area contributed by atoms with E-state index in [1.54, 1.807) is 0 Å². The third kappa shape index (κ3) is 3.82. The SMILES string of the molecule is [2H]C([2H])([2H])c1cc(-c2ccc(C)cc2)cc(C)c1-c1ccc[n+](C)c1-c1c(C)ccc2c1oc1nc(C)ccc12. The standard InChI is InChI=1S/C34H31N2O/c1-20-9-13-25(14-10-20)26-18-22(3)30(23(4)19-26)29-8-7-17-36(6)32(29)31-21(2)11-15-27-28-16-12-24(5)35-34(28)37-33(27)31/h7-19H,1-6H3/q+1/i3D3. The van der Waals surface area contributed by atoms with Gasteiger partial charge in [0, 0.05) is 26.6 Å². The molecule has 0 amide bonds. The van der Waals surface area contributed by atoms with Crippen LogP contribution in [0.3, 0.4) is 0 Å². The highest BCUT2D eigenvalue weighted by molar-refractivity contribution is 6.09. The first kappa shape index (κ1) is 19.9. The number of nitrogens with zero attached hydrogens (tertiary/aromatic N) is 2. The molecular weight excluding hydrogens is 452 g/mol. The zero-order chi connectivity index (χ0) is 28.3. The molecule has 0 fully saturated rings. The van der Waals surface area contributed by atoms with Gasteiger partial charge in [-0.1, -0.05) is 54.1 Å². The average Bonchev–Trinajstić information content (AvgIpc) is 3.26. The maximum atomic E-state index is 8.55. The molecule has 37 heavy (non-hydrogen) atoms. The molecule has 3 aromatic heterocycles. The maximum absolute atomic E-state index is 8.55. The number of aryl methyl sites for hydroxylation is 6. The molecule has 0 bridgehead atoms. The fourth-order valence-corrected chi connectivity index (χ4v) is 5.39. The molecule has 0 unspecified atom stereocenters. The molecule has 0 aliphatic heterocycles. The third-order valence-electron chi connectivity index (χ3n) is 7.26. The number of benzene rings is 3. The van der Waals surface area contributed by atoms with Crippen LogP contribution < -0.4 is 4.57 Å². The zero-order valence-electron chi connectivity index (χ0n) is 24.8. The minimum Gasteiger partial charge on any atom is -0.437 e. The summed E-state index contributed by atoms with van der Waals surface area (Å²) in [6, 6.07) is 24.3. The van der Waals surface area contributed by atoms with Crippen LogP contribution in [0.2, 0.25) is 0 Å².